The average Bonchev–Trinajstić information content (AvgIpc) is 2.90. The molecule has 0 saturated heterocycles. The van der Waals surface area contributed by atoms with Gasteiger partial charge in [0.25, 0.3) is 0 Å². The molecule has 0 aliphatic rings. The fourth-order valence-corrected chi connectivity index (χ4v) is 1.59. The molecule has 0 aliphatic heterocycles. The van der Waals surface area contributed by atoms with Crippen molar-refractivity contribution in [2.75, 3.05) is 11.4 Å². The number of rotatable bonds is 5. The normalized spacial score (nSPS) is 9.84. The van der Waals surface area contributed by atoms with Crippen LogP contribution in [-0.2, 0) is 0 Å². The average molecular weight is 257 g/mol. The van der Waals surface area contributed by atoms with E-state index in [2.05, 4.69) is 4.98 Å². The number of nitriles is 1. The van der Waals surface area contributed by atoms with Gasteiger partial charge in [-0.3, -0.25) is 4.90 Å². The highest BCUT2D eigenvalue weighted by Gasteiger charge is 2.17. The summed E-state index contributed by atoms with van der Waals surface area (Å²) in [5.74, 6) is -1.15. The summed E-state index contributed by atoms with van der Waals surface area (Å²) < 4.78 is 5.16. The lowest BCUT2D eigenvalue weighted by Gasteiger charge is -2.18. The Morgan fingerprint density at radius 3 is 2.74 bits per heavy atom. The first-order valence-corrected chi connectivity index (χ1v) is 5.60. The fourth-order valence-electron chi connectivity index (χ4n) is 1.59. The predicted molar refractivity (Wildman–Crippen MR) is 67.1 cm³/mol. The van der Waals surface area contributed by atoms with Crippen molar-refractivity contribution in [1.82, 2.24) is 4.98 Å². The number of carboxylic acids is 1. The van der Waals surface area contributed by atoms with E-state index in [0.29, 0.717) is 6.54 Å². The maximum Gasteiger partial charge on any atom is 0.357 e. The number of oxazole rings is 1. The fraction of sp³-hybridized carbons (Fsp3) is 0.154. The molecule has 0 bridgehead atoms. The summed E-state index contributed by atoms with van der Waals surface area (Å²) in [6.07, 6.45) is 1.36. The maximum atomic E-state index is 10.8. The minimum atomic E-state index is -1.15. The third-order valence-corrected chi connectivity index (χ3v) is 2.46. The molecule has 1 heterocycles. The van der Waals surface area contributed by atoms with E-state index < -0.39 is 5.97 Å². The Labute approximate surface area is 109 Å². The smallest absolute Gasteiger partial charge is 0.357 e. The Balaban J connectivity index is 2.32. The van der Waals surface area contributed by atoms with Gasteiger partial charge in [-0.15, -0.1) is 0 Å². The summed E-state index contributed by atoms with van der Waals surface area (Å²) in [7, 11) is 0. The Hall–Kier alpha value is -2.81. The van der Waals surface area contributed by atoms with Gasteiger partial charge in [0.05, 0.1) is 12.5 Å². The number of para-hydroxylation sites is 1. The van der Waals surface area contributed by atoms with E-state index in [1.54, 1.807) is 4.90 Å². The van der Waals surface area contributed by atoms with Gasteiger partial charge in [0, 0.05) is 12.2 Å². The molecule has 6 nitrogen and oxygen atoms in total. The van der Waals surface area contributed by atoms with Gasteiger partial charge >= 0.3 is 12.0 Å². The van der Waals surface area contributed by atoms with Crippen LogP contribution in [0.2, 0.25) is 0 Å². The Morgan fingerprint density at radius 2 is 2.16 bits per heavy atom. The molecule has 2 rings (SSSR count). The van der Waals surface area contributed by atoms with Gasteiger partial charge < -0.3 is 9.52 Å². The molecule has 2 aromatic rings. The van der Waals surface area contributed by atoms with E-state index in [1.165, 1.54) is 0 Å². The first-order valence-electron chi connectivity index (χ1n) is 5.60. The lowest BCUT2D eigenvalue weighted by Crippen LogP contribution is -2.18. The highest BCUT2D eigenvalue weighted by atomic mass is 16.4. The van der Waals surface area contributed by atoms with Crippen molar-refractivity contribution in [3.05, 3.63) is 42.3 Å². The second-order valence-corrected chi connectivity index (χ2v) is 3.72. The molecule has 0 fully saturated rings. The van der Waals surface area contributed by atoms with Crippen LogP contribution in [0.25, 0.3) is 0 Å². The maximum absolute atomic E-state index is 10.8. The van der Waals surface area contributed by atoms with Gasteiger partial charge in [-0.2, -0.15) is 10.2 Å². The molecule has 1 aromatic carbocycles. The molecule has 96 valence electrons. The van der Waals surface area contributed by atoms with Gasteiger partial charge in [-0.25, -0.2) is 4.79 Å². The van der Waals surface area contributed by atoms with Crippen LogP contribution in [0.15, 0.2) is 41.0 Å². The SMILES string of the molecule is N#CCCN(c1ccccc1)c1nc(C(=O)O)co1. The van der Waals surface area contributed by atoms with Crippen molar-refractivity contribution < 1.29 is 14.3 Å². The number of carbonyl (C=O) groups is 1. The largest absolute Gasteiger partial charge is 0.476 e. The lowest BCUT2D eigenvalue weighted by molar-refractivity contribution is 0.0690. The number of hydrogen-bond acceptors (Lipinski definition) is 5. The van der Waals surface area contributed by atoms with Crippen LogP contribution in [-0.4, -0.2) is 22.6 Å². The van der Waals surface area contributed by atoms with Crippen molar-refractivity contribution in [3.8, 4) is 6.07 Å². The number of hydrogen-bond donors (Lipinski definition) is 1. The molecular formula is C13H11N3O3. The van der Waals surface area contributed by atoms with Crippen LogP contribution >= 0.6 is 0 Å². The molecule has 0 spiro atoms. The molecular weight excluding hydrogens is 246 g/mol. The number of aromatic carboxylic acids is 1. The molecule has 0 amide bonds. The van der Waals surface area contributed by atoms with Crippen molar-refractivity contribution in [2.45, 2.75) is 6.42 Å². The second kappa shape index (κ2) is 5.69. The molecule has 0 atom stereocenters. The van der Waals surface area contributed by atoms with Crippen LogP contribution in [0.5, 0.6) is 0 Å². The Kier molecular flexibility index (Phi) is 3.78. The second-order valence-electron chi connectivity index (χ2n) is 3.72. The number of carboxylic acid groups (broad SMARTS) is 1. The molecule has 1 N–H and O–H groups in total. The van der Waals surface area contributed by atoms with Crippen molar-refractivity contribution in [2.24, 2.45) is 0 Å². The molecule has 0 aliphatic carbocycles. The third-order valence-electron chi connectivity index (χ3n) is 2.46. The van der Waals surface area contributed by atoms with Crippen LogP contribution in [0.3, 0.4) is 0 Å². The summed E-state index contributed by atoms with van der Waals surface area (Å²) in [6.45, 7) is 0.375. The number of benzene rings is 1. The monoisotopic (exact) mass is 257 g/mol. The van der Waals surface area contributed by atoms with Gasteiger partial charge in [-0.1, -0.05) is 18.2 Å². The Bertz CT molecular complexity index is 601. The predicted octanol–water partition coefficient (Wildman–Crippen LogP) is 2.42. The van der Waals surface area contributed by atoms with E-state index >= 15 is 0 Å². The van der Waals surface area contributed by atoms with E-state index in [1.807, 2.05) is 36.4 Å². The van der Waals surface area contributed by atoms with Crippen molar-refractivity contribution in [3.63, 3.8) is 0 Å². The van der Waals surface area contributed by atoms with Crippen LogP contribution in [0, 0.1) is 11.3 Å². The highest BCUT2D eigenvalue weighted by Crippen LogP contribution is 2.24. The van der Waals surface area contributed by atoms with Crippen LogP contribution in [0.4, 0.5) is 11.7 Å². The standard InChI is InChI=1S/C13H11N3O3/c14-7-4-8-16(10-5-2-1-3-6-10)13-15-11(9-19-13)12(17)18/h1-3,5-6,9H,4,8H2,(H,17,18). The summed E-state index contributed by atoms with van der Waals surface area (Å²) >= 11 is 0. The minimum Gasteiger partial charge on any atom is -0.476 e. The van der Waals surface area contributed by atoms with E-state index in [4.69, 9.17) is 14.8 Å². The molecule has 6 heteroatoms. The minimum absolute atomic E-state index is 0.159. The van der Waals surface area contributed by atoms with Gasteiger partial charge in [-0.05, 0) is 12.1 Å². The topological polar surface area (TPSA) is 90.4 Å². The van der Waals surface area contributed by atoms with Gasteiger partial charge in [0.2, 0.25) is 0 Å². The lowest BCUT2D eigenvalue weighted by atomic mass is 10.3. The molecule has 19 heavy (non-hydrogen) atoms. The third kappa shape index (κ3) is 2.90. The van der Waals surface area contributed by atoms with Crippen LogP contribution < -0.4 is 4.90 Å². The summed E-state index contributed by atoms with van der Waals surface area (Å²) in [5.41, 5.74) is 0.629. The quantitative estimate of drug-likeness (QED) is 0.884. The number of anilines is 2. The van der Waals surface area contributed by atoms with Crippen molar-refractivity contribution in [1.29, 1.82) is 5.26 Å². The van der Waals surface area contributed by atoms with Gasteiger partial charge in [0.15, 0.2) is 5.69 Å². The number of aromatic nitrogens is 1. The number of nitrogens with zero attached hydrogens (tertiary/aromatic N) is 3. The van der Waals surface area contributed by atoms with Crippen molar-refractivity contribution >= 4 is 17.7 Å². The summed E-state index contributed by atoms with van der Waals surface area (Å²) in [4.78, 5) is 16.3. The van der Waals surface area contributed by atoms with E-state index in [9.17, 15) is 4.79 Å². The summed E-state index contributed by atoms with van der Waals surface area (Å²) in [6, 6.07) is 11.4. The zero-order valence-corrected chi connectivity index (χ0v) is 9.98. The molecule has 0 unspecified atom stereocenters. The van der Waals surface area contributed by atoms with Gasteiger partial charge in [0.1, 0.15) is 6.26 Å². The Morgan fingerprint density at radius 1 is 1.42 bits per heavy atom. The molecule has 0 radical (unpaired) electrons. The highest BCUT2D eigenvalue weighted by molar-refractivity contribution is 5.85. The zero-order valence-electron chi connectivity index (χ0n) is 9.98. The van der Waals surface area contributed by atoms with E-state index in [-0.39, 0.29) is 18.1 Å². The molecule has 0 saturated carbocycles. The summed E-state index contributed by atoms with van der Waals surface area (Å²) in [5, 5.41) is 17.5. The first kappa shape index (κ1) is 12.6. The molecule has 1 aromatic heterocycles. The first-order chi connectivity index (χ1) is 9.22. The van der Waals surface area contributed by atoms with Crippen LogP contribution in [0.1, 0.15) is 16.9 Å². The zero-order chi connectivity index (χ0) is 13.7. The van der Waals surface area contributed by atoms with E-state index in [0.717, 1.165) is 12.0 Å².